The third-order valence-corrected chi connectivity index (χ3v) is 2.90. The van der Waals surface area contributed by atoms with Crippen molar-refractivity contribution in [1.29, 1.82) is 0 Å². The Hall–Kier alpha value is -1.72. The van der Waals surface area contributed by atoms with E-state index in [0.717, 1.165) is 17.8 Å². The van der Waals surface area contributed by atoms with Crippen LogP contribution in [-0.4, -0.2) is 14.8 Å². The van der Waals surface area contributed by atoms with Crippen LogP contribution < -0.4 is 11.3 Å². The molecule has 2 aromatic rings. The second kappa shape index (κ2) is 5.07. The highest BCUT2D eigenvalue weighted by molar-refractivity contribution is 5.29. The average Bonchev–Trinajstić information content (AvgIpc) is 2.78. The molecule has 0 bridgehead atoms. The summed E-state index contributed by atoms with van der Waals surface area (Å²) in [5.74, 6) is 5.66. The molecular formula is C12H17N5. The predicted octanol–water partition coefficient (Wildman–Crippen LogP) is 0.930. The summed E-state index contributed by atoms with van der Waals surface area (Å²) in [6.07, 6.45) is 4.47. The Kier molecular flexibility index (Phi) is 3.51. The van der Waals surface area contributed by atoms with Crippen molar-refractivity contribution in [2.75, 3.05) is 0 Å². The third kappa shape index (κ3) is 2.20. The Morgan fingerprint density at radius 3 is 2.82 bits per heavy atom. The summed E-state index contributed by atoms with van der Waals surface area (Å²) in [4.78, 5) is 4.43. The van der Waals surface area contributed by atoms with E-state index in [9.17, 15) is 0 Å². The minimum atomic E-state index is -0.126. The maximum atomic E-state index is 5.66. The van der Waals surface area contributed by atoms with Gasteiger partial charge in [0.2, 0.25) is 0 Å². The van der Waals surface area contributed by atoms with Crippen LogP contribution in [-0.2, 0) is 13.5 Å². The molecule has 5 nitrogen and oxygen atoms in total. The van der Waals surface area contributed by atoms with Crippen LogP contribution in [0.1, 0.15) is 29.9 Å². The highest BCUT2D eigenvalue weighted by Crippen LogP contribution is 2.22. The molecule has 0 saturated carbocycles. The number of hydrogen-bond acceptors (Lipinski definition) is 4. The van der Waals surface area contributed by atoms with Gasteiger partial charge in [-0.25, -0.2) is 5.43 Å². The van der Waals surface area contributed by atoms with Crippen LogP contribution in [0.15, 0.2) is 30.6 Å². The molecule has 0 saturated heterocycles. The number of nitrogens with one attached hydrogen (secondary N) is 1. The Morgan fingerprint density at radius 2 is 2.24 bits per heavy atom. The van der Waals surface area contributed by atoms with Crippen LogP contribution in [0.4, 0.5) is 0 Å². The normalized spacial score (nSPS) is 12.6. The van der Waals surface area contributed by atoms with E-state index >= 15 is 0 Å². The van der Waals surface area contributed by atoms with Gasteiger partial charge in [-0.15, -0.1) is 0 Å². The second-order valence-electron chi connectivity index (χ2n) is 3.88. The van der Waals surface area contributed by atoms with Gasteiger partial charge in [0.15, 0.2) is 0 Å². The van der Waals surface area contributed by atoms with Crippen molar-refractivity contribution in [2.24, 2.45) is 12.9 Å². The standard InChI is InChI=1S/C12H17N5/c1-3-9-5-4-7-14-11(9)12(16-13)10-6-8-15-17(10)2/h4-8,12,16H,3,13H2,1-2H3. The van der Waals surface area contributed by atoms with Crippen LogP contribution in [0, 0.1) is 0 Å². The first-order chi connectivity index (χ1) is 8.27. The fraction of sp³-hybridized carbons (Fsp3) is 0.333. The molecule has 0 amide bonds. The van der Waals surface area contributed by atoms with E-state index in [-0.39, 0.29) is 6.04 Å². The van der Waals surface area contributed by atoms with Crippen LogP contribution in [0.2, 0.25) is 0 Å². The molecule has 0 fully saturated rings. The minimum Gasteiger partial charge on any atom is -0.271 e. The Bertz CT molecular complexity index is 491. The number of aromatic nitrogens is 3. The van der Waals surface area contributed by atoms with Gasteiger partial charge in [-0.3, -0.25) is 15.5 Å². The molecule has 1 unspecified atom stereocenters. The zero-order chi connectivity index (χ0) is 12.3. The molecule has 0 aliphatic carbocycles. The summed E-state index contributed by atoms with van der Waals surface area (Å²) >= 11 is 0. The van der Waals surface area contributed by atoms with Gasteiger partial charge in [0.1, 0.15) is 6.04 Å². The molecule has 5 heteroatoms. The van der Waals surface area contributed by atoms with Crippen LogP contribution in [0.25, 0.3) is 0 Å². The van der Waals surface area contributed by atoms with Gasteiger partial charge in [-0.1, -0.05) is 13.0 Å². The molecule has 2 rings (SSSR count). The van der Waals surface area contributed by atoms with Crippen molar-refractivity contribution < 1.29 is 0 Å². The number of rotatable bonds is 4. The van der Waals surface area contributed by atoms with Gasteiger partial charge < -0.3 is 0 Å². The molecular weight excluding hydrogens is 214 g/mol. The van der Waals surface area contributed by atoms with Gasteiger partial charge in [0.25, 0.3) is 0 Å². The molecule has 2 aromatic heterocycles. The molecule has 2 heterocycles. The van der Waals surface area contributed by atoms with E-state index in [2.05, 4.69) is 28.5 Å². The number of hydrogen-bond donors (Lipinski definition) is 2. The number of pyridine rings is 1. The fourth-order valence-electron chi connectivity index (χ4n) is 1.98. The smallest absolute Gasteiger partial charge is 0.105 e. The SMILES string of the molecule is CCc1cccnc1C(NN)c1ccnn1C. The molecule has 90 valence electrons. The van der Waals surface area contributed by atoms with Crippen molar-refractivity contribution in [3.8, 4) is 0 Å². The van der Waals surface area contributed by atoms with E-state index in [1.54, 1.807) is 17.1 Å². The van der Waals surface area contributed by atoms with Gasteiger partial charge in [0.05, 0.1) is 11.4 Å². The summed E-state index contributed by atoms with van der Waals surface area (Å²) in [5.41, 5.74) is 5.96. The Morgan fingerprint density at radius 1 is 1.41 bits per heavy atom. The van der Waals surface area contributed by atoms with Crippen LogP contribution in [0.3, 0.4) is 0 Å². The van der Waals surface area contributed by atoms with Crippen molar-refractivity contribution in [1.82, 2.24) is 20.2 Å². The third-order valence-electron chi connectivity index (χ3n) is 2.90. The number of hydrazine groups is 1. The lowest BCUT2D eigenvalue weighted by atomic mass is 10.0. The first-order valence-electron chi connectivity index (χ1n) is 5.65. The van der Waals surface area contributed by atoms with E-state index < -0.39 is 0 Å². The van der Waals surface area contributed by atoms with E-state index in [4.69, 9.17) is 5.84 Å². The number of nitrogens with two attached hydrogens (primary N) is 1. The lowest BCUT2D eigenvalue weighted by Crippen LogP contribution is -2.31. The molecule has 0 aliphatic rings. The highest BCUT2D eigenvalue weighted by Gasteiger charge is 2.19. The van der Waals surface area contributed by atoms with Gasteiger partial charge in [-0.05, 0) is 24.1 Å². The van der Waals surface area contributed by atoms with E-state index in [0.29, 0.717) is 0 Å². The Balaban J connectivity index is 2.46. The molecule has 0 radical (unpaired) electrons. The molecule has 3 N–H and O–H groups in total. The van der Waals surface area contributed by atoms with Crippen molar-refractivity contribution in [3.63, 3.8) is 0 Å². The van der Waals surface area contributed by atoms with Crippen molar-refractivity contribution in [3.05, 3.63) is 47.5 Å². The second-order valence-corrected chi connectivity index (χ2v) is 3.88. The minimum absolute atomic E-state index is 0.126. The zero-order valence-electron chi connectivity index (χ0n) is 10.1. The summed E-state index contributed by atoms with van der Waals surface area (Å²) in [6.45, 7) is 2.11. The molecule has 1 atom stereocenters. The quantitative estimate of drug-likeness (QED) is 0.606. The predicted molar refractivity (Wildman–Crippen MR) is 66.0 cm³/mol. The first-order valence-corrected chi connectivity index (χ1v) is 5.65. The van der Waals surface area contributed by atoms with Gasteiger partial charge >= 0.3 is 0 Å². The lowest BCUT2D eigenvalue weighted by molar-refractivity contribution is 0.559. The first kappa shape index (κ1) is 11.8. The summed E-state index contributed by atoms with van der Waals surface area (Å²) in [6, 6.07) is 5.83. The molecule has 0 aliphatic heterocycles. The average molecular weight is 231 g/mol. The summed E-state index contributed by atoms with van der Waals surface area (Å²) in [7, 11) is 1.90. The monoisotopic (exact) mass is 231 g/mol. The molecule has 0 spiro atoms. The largest absolute Gasteiger partial charge is 0.271 e. The topological polar surface area (TPSA) is 68.8 Å². The van der Waals surface area contributed by atoms with E-state index in [1.807, 2.05) is 19.2 Å². The lowest BCUT2D eigenvalue weighted by Gasteiger charge is -2.18. The van der Waals surface area contributed by atoms with Crippen molar-refractivity contribution in [2.45, 2.75) is 19.4 Å². The Labute approximate surface area is 101 Å². The maximum Gasteiger partial charge on any atom is 0.105 e. The van der Waals surface area contributed by atoms with Crippen LogP contribution >= 0.6 is 0 Å². The summed E-state index contributed by atoms with van der Waals surface area (Å²) < 4.78 is 1.80. The van der Waals surface area contributed by atoms with Gasteiger partial charge in [0, 0.05) is 19.4 Å². The van der Waals surface area contributed by atoms with E-state index in [1.165, 1.54) is 5.56 Å². The molecule has 17 heavy (non-hydrogen) atoms. The fourth-order valence-corrected chi connectivity index (χ4v) is 1.98. The van der Waals surface area contributed by atoms with Crippen LogP contribution in [0.5, 0.6) is 0 Å². The maximum absolute atomic E-state index is 5.66. The highest BCUT2D eigenvalue weighted by atomic mass is 15.3. The number of nitrogens with zero attached hydrogens (tertiary/aromatic N) is 3. The van der Waals surface area contributed by atoms with Gasteiger partial charge in [-0.2, -0.15) is 5.10 Å². The van der Waals surface area contributed by atoms with Crippen molar-refractivity contribution >= 4 is 0 Å². The number of aryl methyl sites for hydroxylation is 2. The molecule has 0 aromatic carbocycles. The summed E-state index contributed by atoms with van der Waals surface area (Å²) in [5, 5.41) is 4.16. The zero-order valence-corrected chi connectivity index (χ0v) is 10.1.